The summed E-state index contributed by atoms with van der Waals surface area (Å²) in [5.41, 5.74) is 0. The van der Waals surface area contributed by atoms with Gasteiger partial charge in [-0.2, -0.15) is 0 Å². The molecule has 14 heteroatoms. The zero-order chi connectivity index (χ0) is 37.9. The zero-order valence-corrected chi connectivity index (χ0v) is 31.3. The number of rotatable bonds is 28. The first-order valence-corrected chi connectivity index (χ1v) is 19.9. The van der Waals surface area contributed by atoms with Crippen LogP contribution in [0.3, 0.4) is 0 Å². The highest BCUT2D eigenvalue weighted by atomic mass is 31.2. The summed E-state index contributed by atoms with van der Waals surface area (Å²) in [4.78, 5) is 35.3. The van der Waals surface area contributed by atoms with Crippen molar-refractivity contribution in [2.24, 2.45) is 0 Å². The number of hydrogen-bond acceptors (Lipinski definition) is 12. The van der Waals surface area contributed by atoms with Crippen LogP contribution < -0.4 is 0 Å². The summed E-state index contributed by atoms with van der Waals surface area (Å²) in [5, 5.41) is 49.8. The molecular weight excluding hydrogens is 683 g/mol. The Labute approximate surface area is 303 Å². The molecule has 0 aromatic carbocycles. The highest BCUT2D eigenvalue weighted by Crippen LogP contribution is 2.47. The van der Waals surface area contributed by atoms with Crippen LogP contribution in [0.2, 0.25) is 0 Å². The van der Waals surface area contributed by atoms with Crippen LogP contribution in [0.15, 0.2) is 48.6 Å². The maximum atomic E-state index is 12.7. The minimum absolute atomic E-state index is 0.0178. The summed E-state index contributed by atoms with van der Waals surface area (Å²) in [6, 6.07) is 0. The Kier molecular flexibility index (Phi) is 26.0. The Bertz CT molecular complexity index is 1090. The van der Waals surface area contributed by atoms with Crippen molar-refractivity contribution in [3.8, 4) is 0 Å². The molecule has 294 valence electrons. The molecule has 0 aromatic rings. The van der Waals surface area contributed by atoms with E-state index < -0.39 is 75.7 Å². The second-order valence-electron chi connectivity index (χ2n) is 12.7. The number of aliphatic hydroxyl groups excluding tert-OH is 5. The third kappa shape index (κ3) is 21.8. The smallest absolute Gasteiger partial charge is 0.462 e. The lowest BCUT2D eigenvalue weighted by atomic mass is 9.85. The van der Waals surface area contributed by atoms with Gasteiger partial charge in [-0.05, 0) is 57.8 Å². The van der Waals surface area contributed by atoms with E-state index in [0.29, 0.717) is 12.8 Å². The average Bonchev–Trinajstić information content (AvgIpc) is 3.10. The highest BCUT2D eigenvalue weighted by molar-refractivity contribution is 7.47. The number of allylic oxidation sites excluding steroid dienone is 8. The van der Waals surface area contributed by atoms with Crippen molar-refractivity contribution in [3.63, 3.8) is 0 Å². The first-order chi connectivity index (χ1) is 24.4. The van der Waals surface area contributed by atoms with Gasteiger partial charge < -0.3 is 39.9 Å². The van der Waals surface area contributed by atoms with Gasteiger partial charge >= 0.3 is 19.8 Å². The first kappa shape index (κ1) is 46.8. The Morgan fingerprint density at radius 2 is 1.16 bits per heavy atom. The fourth-order valence-electron chi connectivity index (χ4n) is 5.14. The summed E-state index contributed by atoms with van der Waals surface area (Å²) < 4.78 is 33.1. The molecular formula is C37H63O13P. The number of carbonyl (C=O) groups excluding carboxylic acids is 2. The first-order valence-electron chi connectivity index (χ1n) is 18.4. The number of carbonyl (C=O) groups is 2. The van der Waals surface area contributed by atoms with E-state index in [1.54, 1.807) is 0 Å². The molecule has 1 aliphatic carbocycles. The molecule has 1 aliphatic rings. The van der Waals surface area contributed by atoms with E-state index >= 15 is 0 Å². The molecule has 0 spiro atoms. The van der Waals surface area contributed by atoms with Gasteiger partial charge in [0.1, 0.15) is 43.2 Å². The Morgan fingerprint density at radius 3 is 1.76 bits per heavy atom. The van der Waals surface area contributed by atoms with Crippen molar-refractivity contribution in [2.75, 3.05) is 13.2 Å². The minimum Gasteiger partial charge on any atom is -0.462 e. The van der Waals surface area contributed by atoms with E-state index in [2.05, 4.69) is 44.2 Å². The molecule has 13 nitrogen and oxygen atoms in total. The van der Waals surface area contributed by atoms with Gasteiger partial charge in [-0.3, -0.25) is 18.6 Å². The van der Waals surface area contributed by atoms with E-state index in [0.717, 1.165) is 38.5 Å². The lowest BCUT2D eigenvalue weighted by Crippen LogP contribution is -2.64. The largest absolute Gasteiger partial charge is 0.472 e. The Balaban J connectivity index is 2.63. The monoisotopic (exact) mass is 746 g/mol. The van der Waals surface area contributed by atoms with Crippen LogP contribution in [-0.4, -0.2) is 98.3 Å². The molecule has 1 rings (SSSR count). The van der Waals surface area contributed by atoms with E-state index in [1.807, 2.05) is 18.2 Å². The van der Waals surface area contributed by atoms with Gasteiger partial charge in [0.05, 0.1) is 6.61 Å². The third-order valence-electron chi connectivity index (χ3n) is 8.17. The molecule has 0 radical (unpaired) electrons. The molecule has 1 fully saturated rings. The second kappa shape index (κ2) is 28.3. The maximum Gasteiger partial charge on any atom is 0.472 e. The minimum atomic E-state index is -5.13. The number of aliphatic hydroxyl groups is 5. The fourth-order valence-corrected chi connectivity index (χ4v) is 6.11. The average molecular weight is 747 g/mol. The van der Waals surface area contributed by atoms with Gasteiger partial charge in [0, 0.05) is 12.8 Å². The summed E-state index contributed by atoms with van der Waals surface area (Å²) in [7, 11) is -5.13. The molecule has 6 N–H and O–H groups in total. The van der Waals surface area contributed by atoms with Gasteiger partial charge in [-0.25, -0.2) is 4.57 Å². The second-order valence-corrected chi connectivity index (χ2v) is 14.1. The number of phosphoric acid groups is 1. The van der Waals surface area contributed by atoms with Crippen molar-refractivity contribution >= 4 is 19.8 Å². The maximum absolute atomic E-state index is 12.7. The van der Waals surface area contributed by atoms with Gasteiger partial charge in [-0.1, -0.05) is 94.6 Å². The summed E-state index contributed by atoms with van der Waals surface area (Å²) >= 11 is 0. The standard InChI is InChI=1S/C37H63O13P/c1-3-5-7-9-11-13-14-15-16-18-20-22-24-26-31(39)49-29(27-47-30(38)25-23-21-19-17-12-10-8-6-4-2)28-48-51(45,46)50-37-35(43)33(41)32(40)34(42)36(37)44/h6,8,12,15-17,20,22,29,32-37,40-44H,3-5,7,9-11,13-14,18-19,21,23-28H2,1-2H3,(H,45,46)/b8-6+,16-15+,17-12+,22-20+/t29?,32?,33-,34?,35?,36?,37?/m1/s1. The van der Waals surface area contributed by atoms with E-state index in [-0.39, 0.29) is 12.8 Å². The third-order valence-corrected chi connectivity index (χ3v) is 9.15. The predicted octanol–water partition coefficient (Wildman–Crippen LogP) is 5.27. The van der Waals surface area contributed by atoms with Crippen LogP contribution in [0.25, 0.3) is 0 Å². The zero-order valence-electron chi connectivity index (χ0n) is 30.4. The molecule has 0 heterocycles. The van der Waals surface area contributed by atoms with Crippen molar-refractivity contribution < 1.29 is 63.1 Å². The fraction of sp³-hybridized carbons (Fsp3) is 0.730. The van der Waals surface area contributed by atoms with Gasteiger partial charge in [0.25, 0.3) is 0 Å². The van der Waals surface area contributed by atoms with Crippen molar-refractivity contribution in [1.82, 2.24) is 0 Å². The van der Waals surface area contributed by atoms with Gasteiger partial charge in [0.15, 0.2) is 6.10 Å². The van der Waals surface area contributed by atoms with E-state index in [1.165, 1.54) is 38.5 Å². The SMILES string of the molecule is CC/C=C/C/C=C/CCCCC(=O)OCC(COP(=O)(O)OC1C(O)C(O)C(O)[C@@H](O)C1O)OC(=O)CC/C=C/C/C=C/CCCCCCCC. The Hall–Kier alpha value is -2.19. The van der Waals surface area contributed by atoms with Gasteiger partial charge in [-0.15, -0.1) is 0 Å². The van der Waals surface area contributed by atoms with Crippen LogP contribution in [0.5, 0.6) is 0 Å². The number of hydrogen-bond donors (Lipinski definition) is 6. The number of ether oxygens (including phenoxy) is 2. The van der Waals surface area contributed by atoms with Gasteiger partial charge in [0.2, 0.25) is 0 Å². The molecule has 0 aliphatic heterocycles. The van der Waals surface area contributed by atoms with Crippen molar-refractivity contribution in [1.29, 1.82) is 0 Å². The summed E-state index contributed by atoms with van der Waals surface area (Å²) in [6.45, 7) is 3.02. The molecule has 7 unspecified atom stereocenters. The Morgan fingerprint density at radius 1 is 0.627 bits per heavy atom. The van der Waals surface area contributed by atoms with Crippen LogP contribution in [0.4, 0.5) is 0 Å². The molecule has 0 saturated heterocycles. The van der Waals surface area contributed by atoms with Crippen molar-refractivity contribution in [3.05, 3.63) is 48.6 Å². The van der Waals surface area contributed by atoms with E-state index in [9.17, 15) is 44.6 Å². The molecule has 51 heavy (non-hydrogen) atoms. The quantitative estimate of drug-likeness (QED) is 0.0261. The number of unbranched alkanes of at least 4 members (excludes halogenated alkanes) is 8. The molecule has 0 amide bonds. The summed E-state index contributed by atoms with van der Waals surface area (Å²) in [6.07, 6.45) is 16.6. The van der Waals surface area contributed by atoms with E-state index in [4.69, 9.17) is 18.5 Å². The molecule has 0 aromatic heterocycles. The van der Waals surface area contributed by atoms with Crippen molar-refractivity contribution in [2.45, 2.75) is 159 Å². The normalized spacial score (nSPS) is 24.5. The lowest BCUT2D eigenvalue weighted by Gasteiger charge is -2.41. The van der Waals surface area contributed by atoms with Crippen LogP contribution >= 0.6 is 7.82 Å². The highest BCUT2D eigenvalue weighted by Gasteiger charge is 2.51. The molecule has 0 bridgehead atoms. The van der Waals surface area contributed by atoms with Crippen LogP contribution in [0.1, 0.15) is 117 Å². The topological polar surface area (TPSA) is 210 Å². The van der Waals surface area contributed by atoms with Crippen LogP contribution in [0, 0.1) is 0 Å². The lowest BCUT2D eigenvalue weighted by molar-refractivity contribution is -0.220. The predicted molar refractivity (Wildman–Crippen MR) is 193 cm³/mol. The number of esters is 2. The molecule has 1 saturated carbocycles. The number of phosphoric ester groups is 1. The molecule has 8 atom stereocenters. The van der Waals surface area contributed by atoms with Crippen LogP contribution in [-0.2, 0) is 32.7 Å². The summed E-state index contributed by atoms with van der Waals surface area (Å²) in [5.74, 6) is -1.23.